The molecule has 1 heterocycles. The number of carbonyl (C=O) groups is 3. The Morgan fingerprint density at radius 3 is 2.29 bits per heavy atom. The zero-order valence-corrected chi connectivity index (χ0v) is 20.8. The zero-order valence-electron chi connectivity index (χ0n) is 20.8. The number of ether oxygens (including phenoxy) is 3. The normalized spacial score (nSPS) is 19.2. The van der Waals surface area contributed by atoms with Crippen molar-refractivity contribution in [2.24, 2.45) is 11.8 Å². The molecular formula is C28H33NO6. The van der Waals surface area contributed by atoms with Crippen molar-refractivity contribution < 1.29 is 28.6 Å². The molecule has 3 rings (SSSR count). The van der Waals surface area contributed by atoms with Gasteiger partial charge < -0.3 is 14.2 Å². The highest BCUT2D eigenvalue weighted by Gasteiger charge is 2.51. The Morgan fingerprint density at radius 2 is 1.69 bits per heavy atom. The molecule has 186 valence electrons. The quantitative estimate of drug-likeness (QED) is 0.403. The third-order valence-corrected chi connectivity index (χ3v) is 6.29. The molecule has 35 heavy (non-hydrogen) atoms. The molecule has 1 saturated heterocycles. The van der Waals surface area contributed by atoms with E-state index < -0.39 is 30.0 Å². The molecule has 0 saturated carbocycles. The first-order chi connectivity index (χ1) is 16.7. The number of likely N-dealkylation sites (tertiary alicyclic amines) is 1. The molecule has 2 aromatic rings. The van der Waals surface area contributed by atoms with Crippen LogP contribution in [0.3, 0.4) is 0 Å². The van der Waals surface area contributed by atoms with Gasteiger partial charge in [-0.1, -0.05) is 66.2 Å². The van der Waals surface area contributed by atoms with E-state index in [1.165, 1.54) is 12.0 Å². The minimum Gasteiger partial charge on any atom is -0.469 e. The highest BCUT2D eigenvalue weighted by Crippen LogP contribution is 2.41. The summed E-state index contributed by atoms with van der Waals surface area (Å²) in [4.78, 5) is 40.0. The van der Waals surface area contributed by atoms with Gasteiger partial charge in [0.1, 0.15) is 12.6 Å². The minimum absolute atomic E-state index is 0.0586. The Balaban J connectivity index is 1.94. The summed E-state index contributed by atoms with van der Waals surface area (Å²) in [5.41, 5.74) is 4.63. The molecule has 0 spiro atoms. The lowest BCUT2D eigenvalue weighted by molar-refractivity contribution is -0.150. The van der Waals surface area contributed by atoms with Gasteiger partial charge in [0.15, 0.2) is 0 Å². The molecule has 0 radical (unpaired) electrons. The summed E-state index contributed by atoms with van der Waals surface area (Å²) in [5.74, 6) is -1.98. The first-order valence-corrected chi connectivity index (χ1v) is 11.7. The standard InChI is InChI=1S/C28H33NO6/c1-6-34-27(31)26-23(15-25(30)33-5)24(20(4)22-13-18(2)12-19(3)14-22)16-29(26)28(32)35-17-21-10-8-7-9-11-21/h7-14,23-24,26H,4,6,15-17H2,1-3,5H3/t23-,24+,26-/m0/s1. The summed E-state index contributed by atoms with van der Waals surface area (Å²) < 4.78 is 15.8. The second kappa shape index (κ2) is 11.7. The van der Waals surface area contributed by atoms with Crippen LogP contribution >= 0.6 is 0 Å². The van der Waals surface area contributed by atoms with E-state index in [0.717, 1.165) is 27.8 Å². The zero-order chi connectivity index (χ0) is 25.5. The maximum Gasteiger partial charge on any atom is 0.410 e. The molecule has 0 aliphatic carbocycles. The van der Waals surface area contributed by atoms with Crippen LogP contribution < -0.4 is 0 Å². The van der Waals surface area contributed by atoms with Crippen molar-refractivity contribution in [3.8, 4) is 0 Å². The molecule has 1 aliphatic rings. The molecule has 1 amide bonds. The average Bonchev–Trinajstić information content (AvgIpc) is 3.21. The second-order valence-electron chi connectivity index (χ2n) is 8.84. The van der Waals surface area contributed by atoms with Crippen LogP contribution in [0.2, 0.25) is 0 Å². The van der Waals surface area contributed by atoms with Crippen LogP contribution in [0.5, 0.6) is 0 Å². The predicted octanol–water partition coefficient (Wildman–Crippen LogP) is 4.70. The molecule has 3 atom stereocenters. The topological polar surface area (TPSA) is 82.1 Å². The first-order valence-electron chi connectivity index (χ1n) is 11.7. The van der Waals surface area contributed by atoms with Gasteiger partial charge in [-0.2, -0.15) is 0 Å². The summed E-state index contributed by atoms with van der Waals surface area (Å²) in [7, 11) is 1.30. The van der Waals surface area contributed by atoms with Crippen LogP contribution in [0, 0.1) is 25.7 Å². The van der Waals surface area contributed by atoms with Gasteiger partial charge in [-0.3, -0.25) is 9.69 Å². The smallest absolute Gasteiger partial charge is 0.410 e. The van der Waals surface area contributed by atoms with Crippen molar-refractivity contribution in [1.29, 1.82) is 0 Å². The Morgan fingerprint density at radius 1 is 1.03 bits per heavy atom. The highest BCUT2D eigenvalue weighted by molar-refractivity contribution is 5.85. The molecule has 7 nitrogen and oxygen atoms in total. The van der Waals surface area contributed by atoms with Crippen molar-refractivity contribution in [3.63, 3.8) is 0 Å². The van der Waals surface area contributed by atoms with Gasteiger partial charge in [0.25, 0.3) is 0 Å². The molecule has 0 aromatic heterocycles. The number of hydrogen-bond acceptors (Lipinski definition) is 6. The number of hydrogen-bond donors (Lipinski definition) is 0. The number of benzene rings is 2. The van der Waals surface area contributed by atoms with E-state index in [2.05, 4.69) is 12.6 Å². The van der Waals surface area contributed by atoms with Crippen LogP contribution in [0.4, 0.5) is 4.79 Å². The van der Waals surface area contributed by atoms with Crippen LogP contribution in [0.15, 0.2) is 55.1 Å². The fourth-order valence-electron chi connectivity index (χ4n) is 4.70. The third-order valence-electron chi connectivity index (χ3n) is 6.29. The Kier molecular flexibility index (Phi) is 8.68. The third kappa shape index (κ3) is 6.29. The van der Waals surface area contributed by atoms with E-state index in [-0.39, 0.29) is 32.1 Å². The maximum atomic E-state index is 13.2. The SMILES string of the molecule is C=C(c1cc(C)cc(C)c1)[C@H]1CN(C(=O)OCc2ccccc2)[C@H](C(=O)OCC)[C@H]1CC(=O)OC. The summed E-state index contributed by atoms with van der Waals surface area (Å²) in [5, 5.41) is 0. The molecule has 1 fully saturated rings. The number of amides is 1. The van der Waals surface area contributed by atoms with Crippen molar-refractivity contribution in [1.82, 2.24) is 4.90 Å². The Labute approximate surface area is 206 Å². The highest BCUT2D eigenvalue weighted by atomic mass is 16.6. The van der Waals surface area contributed by atoms with Gasteiger partial charge in [-0.05, 0) is 37.5 Å². The first kappa shape index (κ1) is 26.0. The van der Waals surface area contributed by atoms with Crippen LogP contribution in [-0.4, -0.2) is 49.2 Å². The molecule has 2 aromatic carbocycles. The average molecular weight is 480 g/mol. The Hall–Kier alpha value is -3.61. The molecule has 0 unspecified atom stereocenters. The number of carbonyl (C=O) groups excluding carboxylic acids is 3. The molecule has 0 bridgehead atoms. The monoisotopic (exact) mass is 479 g/mol. The summed E-state index contributed by atoms with van der Waals surface area (Å²) >= 11 is 0. The van der Waals surface area contributed by atoms with Crippen molar-refractivity contribution in [2.75, 3.05) is 20.3 Å². The van der Waals surface area contributed by atoms with E-state index >= 15 is 0 Å². The summed E-state index contributed by atoms with van der Waals surface area (Å²) in [6.45, 7) is 10.4. The Bertz CT molecular complexity index is 1060. The van der Waals surface area contributed by atoms with Crippen LogP contribution in [0.1, 0.15) is 35.6 Å². The van der Waals surface area contributed by atoms with E-state index in [0.29, 0.717) is 0 Å². The van der Waals surface area contributed by atoms with Gasteiger partial charge in [0.05, 0.1) is 20.1 Å². The second-order valence-corrected chi connectivity index (χ2v) is 8.84. The number of aryl methyl sites for hydroxylation is 2. The van der Waals surface area contributed by atoms with Crippen LogP contribution in [-0.2, 0) is 30.4 Å². The van der Waals surface area contributed by atoms with E-state index in [4.69, 9.17) is 14.2 Å². The summed E-state index contributed by atoms with van der Waals surface area (Å²) in [6, 6.07) is 14.4. The number of nitrogens with zero attached hydrogens (tertiary/aromatic N) is 1. The maximum absolute atomic E-state index is 13.2. The van der Waals surface area contributed by atoms with Crippen molar-refractivity contribution in [3.05, 3.63) is 77.4 Å². The number of methoxy groups -OCH3 is 1. The number of rotatable bonds is 8. The lowest BCUT2D eigenvalue weighted by Crippen LogP contribution is -2.45. The predicted molar refractivity (Wildman–Crippen MR) is 132 cm³/mol. The molecule has 1 aliphatic heterocycles. The van der Waals surface area contributed by atoms with E-state index in [1.807, 2.05) is 56.3 Å². The number of esters is 2. The molecule has 7 heteroatoms. The van der Waals surface area contributed by atoms with Crippen LogP contribution in [0.25, 0.3) is 5.57 Å². The fourth-order valence-corrected chi connectivity index (χ4v) is 4.70. The van der Waals surface area contributed by atoms with Gasteiger partial charge in [0, 0.05) is 18.4 Å². The lowest BCUT2D eigenvalue weighted by atomic mass is 9.80. The lowest BCUT2D eigenvalue weighted by Gasteiger charge is -2.26. The van der Waals surface area contributed by atoms with Gasteiger partial charge in [-0.15, -0.1) is 0 Å². The van der Waals surface area contributed by atoms with E-state index in [1.54, 1.807) is 6.92 Å². The van der Waals surface area contributed by atoms with Crippen molar-refractivity contribution >= 4 is 23.6 Å². The van der Waals surface area contributed by atoms with Gasteiger partial charge >= 0.3 is 18.0 Å². The summed E-state index contributed by atoms with van der Waals surface area (Å²) in [6.07, 6.45) is -0.700. The van der Waals surface area contributed by atoms with Gasteiger partial charge in [0.2, 0.25) is 0 Å². The molecule has 0 N–H and O–H groups in total. The largest absolute Gasteiger partial charge is 0.469 e. The fraction of sp³-hybridized carbons (Fsp3) is 0.393. The van der Waals surface area contributed by atoms with Gasteiger partial charge in [-0.25, -0.2) is 9.59 Å². The van der Waals surface area contributed by atoms with E-state index in [9.17, 15) is 14.4 Å². The van der Waals surface area contributed by atoms with Crippen molar-refractivity contribution in [2.45, 2.75) is 39.8 Å². The molecular weight excluding hydrogens is 446 g/mol. The minimum atomic E-state index is -0.995.